The fraction of sp³-hybridized carbons (Fsp3) is 0.455. The Morgan fingerprint density at radius 2 is 2.12 bits per heavy atom. The number of rotatable bonds is 3. The molecule has 16 heavy (non-hydrogen) atoms. The van der Waals surface area contributed by atoms with Crippen LogP contribution in [-0.4, -0.2) is 23.6 Å². The molecule has 0 spiro atoms. The summed E-state index contributed by atoms with van der Waals surface area (Å²) in [5.41, 5.74) is 1.10. The van der Waals surface area contributed by atoms with Crippen molar-refractivity contribution in [1.29, 1.82) is 0 Å². The number of nitrogens with zero attached hydrogens (tertiary/aromatic N) is 1. The van der Waals surface area contributed by atoms with E-state index in [2.05, 4.69) is 17.6 Å². The van der Waals surface area contributed by atoms with E-state index in [-0.39, 0.29) is 16.1 Å². The normalized spacial score (nSPS) is 24.3. The van der Waals surface area contributed by atoms with Gasteiger partial charge in [-0.1, -0.05) is 0 Å². The van der Waals surface area contributed by atoms with Gasteiger partial charge in [-0.3, -0.25) is 10.1 Å². The fourth-order valence-electron chi connectivity index (χ4n) is 1.94. The molecule has 1 fully saturated rings. The molecule has 1 aromatic rings. The van der Waals surface area contributed by atoms with Gasteiger partial charge in [0.2, 0.25) is 0 Å². The van der Waals surface area contributed by atoms with Crippen LogP contribution in [0, 0.1) is 10.1 Å². The van der Waals surface area contributed by atoms with Gasteiger partial charge in [0, 0.05) is 29.9 Å². The molecule has 1 heterocycles. The average molecular weight is 221 g/mol. The maximum atomic E-state index is 10.5. The summed E-state index contributed by atoms with van der Waals surface area (Å²) in [4.78, 5) is 10.1. The second-order valence-electron chi connectivity index (χ2n) is 4.42. The molecular formula is C11H15N3O2. The molecule has 5 heteroatoms. The van der Waals surface area contributed by atoms with Crippen LogP contribution in [0.3, 0.4) is 0 Å². The highest BCUT2D eigenvalue weighted by molar-refractivity contribution is 5.50. The van der Waals surface area contributed by atoms with Crippen molar-refractivity contribution in [2.75, 3.05) is 18.4 Å². The van der Waals surface area contributed by atoms with Gasteiger partial charge in [0.05, 0.1) is 4.92 Å². The highest BCUT2D eigenvalue weighted by Gasteiger charge is 2.27. The maximum Gasteiger partial charge on any atom is 0.269 e. The number of nitro benzene ring substituents is 1. The Morgan fingerprint density at radius 1 is 1.44 bits per heavy atom. The second kappa shape index (κ2) is 4.09. The van der Waals surface area contributed by atoms with E-state index in [1.54, 1.807) is 12.1 Å². The van der Waals surface area contributed by atoms with Crippen molar-refractivity contribution in [2.24, 2.45) is 0 Å². The number of non-ortho nitro benzene ring substituents is 1. The Labute approximate surface area is 94.0 Å². The molecule has 2 rings (SSSR count). The van der Waals surface area contributed by atoms with Crippen LogP contribution in [0.1, 0.15) is 13.3 Å². The summed E-state index contributed by atoms with van der Waals surface area (Å²) in [6, 6.07) is 6.55. The predicted molar refractivity (Wildman–Crippen MR) is 62.6 cm³/mol. The number of benzene rings is 1. The molecule has 5 nitrogen and oxygen atoms in total. The Bertz CT molecular complexity index is 383. The van der Waals surface area contributed by atoms with Gasteiger partial charge in [-0.25, -0.2) is 0 Å². The van der Waals surface area contributed by atoms with Crippen LogP contribution in [0.5, 0.6) is 0 Å². The molecule has 1 saturated heterocycles. The summed E-state index contributed by atoms with van der Waals surface area (Å²) in [5, 5.41) is 17.2. The minimum absolute atomic E-state index is 0.0517. The van der Waals surface area contributed by atoms with E-state index in [9.17, 15) is 10.1 Å². The van der Waals surface area contributed by atoms with E-state index in [1.807, 2.05) is 0 Å². The van der Waals surface area contributed by atoms with E-state index in [1.165, 1.54) is 12.1 Å². The molecule has 1 atom stereocenters. The number of hydrogen-bond acceptors (Lipinski definition) is 4. The third-order valence-corrected chi connectivity index (χ3v) is 2.89. The zero-order chi connectivity index (χ0) is 11.6. The van der Waals surface area contributed by atoms with E-state index in [4.69, 9.17) is 0 Å². The Morgan fingerprint density at radius 3 is 2.62 bits per heavy atom. The first-order chi connectivity index (χ1) is 7.59. The van der Waals surface area contributed by atoms with Gasteiger partial charge in [0.15, 0.2) is 0 Å². The molecular weight excluding hydrogens is 206 g/mol. The van der Waals surface area contributed by atoms with Crippen LogP contribution in [0.15, 0.2) is 24.3 Å². The summed E-state index contributed by atoms with van der Waals surface area (Å²) in [6.07, 6.45) is 1.06. The molecule has 0 aromatic heterocycles. The Hall–Kier alpha value is -1.62. The Kier molecular flexibility index (Phi) is 2.78. The van der Waals surface area contributed by atoms with Crippen LogP contribution in [-0.2, 0) is 0 Å². The van der Waals surface area contributed by atoms with Crippen LogP contribution in [0.4, 0.5) is 11.4 Å². The standard InChI is InChI=1S/C11H15N3O2/c1-11(6-7-12-8-11)13-9-2-4-10(5-3-9)14(15)16/h2-5,12-13H,6-8H2,1H3. The van der Waals surface area contributed by atoms with Crippen LogP contribution in [0.25, 0.3) is 0 Å². The van der Waals surface area contributed by atoms with Gasteiger partial charge in [-0.05, 0) is 32.0 Å². The first kappa shape index (κ1) is 10.9. The lowest BCUT2D eigenvalue weighted by atomic mass is 10.0. The molecule has 0 aliphatic carbocycles. The zero-order valence-corrected chi connectivity index (χ0v) is 9.19. The topological polar surface area (TPSA) is 67.2 Å². The van der Waals surface area contributed by atoms with Crippen molar-refractivity contribution in [3.05, 3.63) is 34.4 Å². The molecule has 1 aromatic carbocycles. The van der Waals surface area contributed by atoms with Crippen molar-refractivity contribution in [2.45, 2.75) is 18.9 Å². The van der Waals surface area contributed by atoms with E-state index in [0.29, 0.717) is 0 Å². The third-order valence-electron chi connectivity index (χ3n) is 2.89. The van der Waals surface area contributed by atoms with Crippen LogP contribution < -0.4 is 10.6 Å². The summed E-state index contributed by atoms with van der Waals surface area (Å²) in [7, 11) is 0. The number of anilines is 1. The van der Waals surface area contributed by atoms with Crippen molar-refractivity contribution in [3.8, 4) is 0 Å². The lowest BCUT2D eigenvalue weighted by Crippen LogP contribution is -2.36. The molecule has 0 amide bonds. The fourth-order valence-corrected chi connectivity index (χ4v) is 1.94. The smallest absolute Gasteiger partial charge is 0.269 e. The van der Waals surface area contributed by atoms with Gasteiger partial charge in [0.25, 0.3) is 5.69 Å². The SMILES string of the molecule is CC1(Nc2ccc([N+](=O)[O-])cc2)CCNC1. The number of nitro groups is 1. The highest BCUT2D eigenvalue weighted by atomic mass is 16.6. The quantitative estimate of drug-likeness (QED) is 0.603. The van der Waals surface area contributed by atoms with Crippen LogP contribution in [0.2, 0.25) is 0 Å². The van der Waals surface area contributed by atoms with Crippen molar-refractivity contribution in [1.82, 2.24) is 5.32 Å². The molecule has 0 radical (unpaired) electrons. The Balaban J connectivity index is 2.07. The van der Waals surface area contributed by atoms with E-state index in [0.717, 1.165) is 25.2 Å². The molecule has 0 saturated carbocycles. The van der Waals surface area contributed by atoms with Gasteiger partial charge >= 0.3 is 0 Å². The molecule has 0 bridgehead atoms. The van der Waals surface area contributed by atoms with Crippen molar-refractivity contribution >= 4 is 11.4 Å². The summed E-state index contributed by atoms with van der Waals surface area (Å²) in [6.45, 7) is 4.08. The number of hydrogen-bond donors (Lipinski definition) is 2. The van der Waals surface area contributed by atoms with Gasteiger partial charge in [-0.2, -0.15) is 0 Å². The van der Waals surface area contributed by atoms with Gasteiger partial charge < -0.3 is 10.6 Å². The molecule has 1 aliphatic rings. The van der Waals surface area contributed by atoms with E-state index < -0.39 is 0 Å². The first-order valence-electron chi connectivity index (χ1n) is 5.32. The average Bonchev–Trinajstić information content (AvgIpc) is 2.65. The largest absolute Gasteiger partial charge is 0.379 e. The monoisotopic (exact) mass is 221 g/mol. The third kappa shape index (κ3) is 2.30. The van der Waals surface area contributed by atoms with Gasteiger partial charge in [0.1, 0.15) is 0 Å². The van der Waals surface area contributed by atoms with Gasteiger partial charge in [-0.15, -0.1) is 0 Å². The summed E-state index contributed by atoms with van der Waals surface area (Å²) < 4.78 is 0. The highest BCUT2D eigenvalue weighted by Crippen LogP contribution is 2.22. The summed E-state index contributed by atoms with van der Waals surface area (Å²) >= 11 is 0. The van der Waals surface area contributed by atoms with E-state index >= 15 is 0 Å². The minimum atomic E-state index is -0.386. The maximum absolute atomic E-state index is 10.5. The van der Waals surface area contributed by atoms with Crippen LogP contribution >= 0.6 is 0 Å². The molecule has 2 N–H and O–H groups in total. The zero-order valence-electron chi connectivity index (χ0n) is 9.19. The van der Waals surface area contributed by atoms with Crippen molar-refractivity contribution in [3.63, 3.8) is 0 Å². The molecule has 1 aliphatic heterocycles. The minimum Gasteiger partial charge on any atom is -0.379 e. The second-order valence-corrected chi connectivity index (χ2v) is 4.42. The molecule has 1 unspecified atom stereocenters. The first-order valence-corrected chi connectivity index (χ1v) is 5.32. The van der Waals surface area contributed by atoms with Crippen molar-refractivity contribution < 1.29 is 4.92 Å². The molecule has 86 valence electrons. The lowest BCUT2D eigenvalue weighted by molar-refractivity contribution is -0.384. The number of nitrogens with one attached hydrogen (secondary N) is 2. The lowest BCUT2D eigenvalue weighted by Gasteiger charge is -2.25. The summed E-state index contributed by atoms with van der Waals surface area (Å²) in [5.74, 6) is 0. The predicted octanol–water partition coefficient (Wildman–Crippen LogP) is 1.76.